The van der Waals surface area contributed by atoms with E-state index in [1.54, 1.807) is 6.92 Å². The van der Waals surface area contributed by atoms with Gasteiger partial charge in [0.05, 0.1) is 19.1 Å². The SMILES string of the molecule is CCNC(=O)NCCOC(=O)CC(C)OC. The number of carbonyl (C=O) groups excluding carboxylic acids is 2. The molecule has 0 aromatic heterocycles. The third-order valence-corrected chi connectivity index (χ3v) is 1.84. The van der Waals surface area contributed by atoms with Crippen molar-refractivity contribution in [3.63, 3.8) is 0 Å². The molecule has 0 bridgehead atoms. The van der Waals surface area contributed by atoms with Crippen LogP contribution in [0.2, 0.25) is 0 Å². The zero-order valence-corrected chi connectivity index (χ0v) is 10.0. The molecule has 16 heavy (non-hydrogen) atoms. The van der Waals surface area contributed by atoms with E-state index in [1.165, 1.54) is 7.11 Å². The predicted molar refractivity (Wildman–Crippen MR) is 59.1 cm³/mol. The van der Waals surface area contributed by atoms with E-state index in [0.29, 0.717) is 13.1 Å². The molecule has 0 heterocycles. The monoisotopic (exact) mass is 232 g/mol. The molecule has 0 aromatic carbocycles. The van der Waals surface area contributed by atoms with Crippen LogP contribution in [-0.2, 0) is 14.3 Å². The Morgan fingerprint density at radius 1 is 1.31 bits per heavy atom. The number of rotatable bonds is 7. The summed E-state index contributed by atoms with van der Waals surface area (Å²) in [5.41, 5.74) is 0. The van der Waals surface area contributed by atoms with Crippen LogP contribution in [-0.4, -0.2) is 44.9 Å². The van der Waals surface area contributed by atoms with Crippen molar-refractivity contribution in [3.05, 3.63) is 0 Å². The van der Waals surface area contributed by atoms with Crippen molar-refractivity contribution in [2.24, 2.45) is 0 Å². The van der Waals surface area contributed by atoms with Crippen LogP contribution in [0.3, 0.4) is 0 Å². The number of urea groups is 1. The maximum atomic E-state index is 11.2. The molecule has 0 aliphatic rings. The summed E-state index contributed by atoms with van der Waals surface area (Å²) in [6, 6.07) is -0.260. The van der Waals surface area contributed by atoms with Crippen LogP contribution in [0.15, 0.2) is 0 Å². The molecule has 0 spiro atoms. The summed E-state index contributed by atoms with van der Waals surface area (Å²) in [4.78, 5) is 22.1. The van der Waals surface area contributed by atoms with Crippen LogP contribution >= 0.6 is 0 Å². The van der Waals surface area contributed by atoms with E-state index < -0.39 is 0 Å². The molecule has 0 aromatic rings. The molecule has 6 nitrogen and oxygen atoms in total. The summed E-state index contributed by atoms with van der Waals surface area (Å²) in [6.45, 7) is 4.66. The van der Waals surface area contributed by atoms with Crippen molar-refractivity contribution in [1.29, 1.82) is 0 Å². The lowest BCUT2D eigenvalue weighted by molar-refractivity contribution is -0.145. The summed E-state index contributed by atoms with van der Waals surface area (Å²) in [7, 11) is 1.54. The van der Waals surface area contributed by atoms with Crippen molar-refractivity contribution in [2.75, 3.05) is 26.8 Å². The Labute approximate surface area is 95.7 Å². The van der Waals surface area contributed by atoms with E-state index in [2.05, 4.69) is 10.6 Å². The van der Waals surface area contributed by atoms with Gasteiger partial charge in [-0.25, -0.2) is 4.79 Å². The number of carbonyl (C=O) groups is 2. The number of hydrogen-bond acceptors (Lipinski definition) is 4. The number of esters is 1. The molecule has 0 aliphatic carbocycles. The second-order valence-electron chi connectivity index (χ2n) is 3.26. The Morgan fingerprint density at radius 2 is 2.00 bits per heavy atom. The largest absolute Gasteiger partial charge is 0.464 e. The second-order valence-corrected chi connectivity index (χ2v) is 3.26. The molecular formula is C10H20N2O4. The quantitative estimate of drug-likeness (QED) is 0.488. The molecular weight excluding hydrogens is 212 g/mol. The van der Waals surface area contributed by atoms with E-state index >= 15 is 0 Å². The zero-order valence-electron chi connectivity index (χ0n) is 10.0. The topological polar surface area (TPSA) is 76.7 Å². The van der Waals surface area contributed by atoms with Gasteiger partial charge in [0.15, 0.2) is 0 Å². The molecule has 1 atom stereocenters. The summed E-state index contributed by atoms with van der Waals surface area (Å²) in [5, 5.41) is 5.11. The van der Waals surface area contributed by atoms with Gasteiger partial charge in [-0.2, -0.15) is 0 Å². The van der Waals surface area contributed by atoms with Crippen molar-refractivity contribution in [2.45, 2.75) is 26.4 Å². The highest BCUT2D eigenvalue weighted by molar-refractivity contribution is 5.73. The van der Waals surface area contributed by atoms with Crippen molar-refractivity contribution in [3.8, 4) is 0 Å². The Balaban J connectivity index is 3.44. The second kappa shape index (κ2) is 8.96. The van der Waals surface area contributed by atoms with E-state index in [4.69, 9.17) is 9.47 Å². The molecule has 0 saturated carbocycles. The number of nitrogens with one attached hydrogen (secondary N) is 2. The van der Waals surface area contributed by atoms with Gasteiger partial charge in [0.2, 0.25) is 0 Å². The minimum atomic E-state index is -0.327. The fourth-order valence-electron chi connectivity index (χ4n) is 0.929. The molecule has 0 saturated heterocycles. The van der Waals surface area contributed by atoms with Crippen LogP contribution < -0.4 is 10.6 Å². The van der Waals surface area contributed by atoms with Gasteiger partial charge < -0.3 is 20.1 Å². The lowest BCUT2D eigenvalue weighted by Gasteiger charge is -2.09. The van der Waals surface area contributed by atoms with Crippen LogP contribution in [0.5, 0.6) is 0 Å². The molecule has 2 N–H and O–H groups in total. The maximum absolute atomic E-state index is 11.2. The molecule has 1 unspecified atom stereocenters. The van der Waals surface area contributed by atoms with Crippen molar-refractivity contribution in [1.82, 2.24) is 10.6 Å². The number of ether oxygens (including phenoxy) is 2. The van der Waals surface area contributed by atoms with E-state index in [9.17, 15) is 9.59 Å². The summed E-state index contributed by atoms with van der Waals surface area (Å²) >= 11 is 0. The molecule has 0 aliphatic heterocycles. The van der Waals surface area contributed by atoms with Gasteiger partial charge in [-0.3, -0.25) is 4.79 Å². The van der Waals surface area contributed by atoms with Gasteiger partial charge in [0.1, 0.15) is 6.61 Å². The summed E-state index contributed by atoms with van der Waals surface area (Å²) in [6.07, 6.45) is 0.0707. The molecule has 94 valence electrons. The summed E-state index contributed by atoms with van der Waals surface area (Å²) in [5.74, 6) is -0.327. The van der Waals surface area contributed by atoms with Gasteiger partial charge in [0, 0.05) is 13.7 Å². The Kier molecular flexibility index (Phi) is 8.24. The first kappa shape index (κ1) is 14.7. The Bertz CT molecular complexity index is 221. The highest BCUT2D eigenvalue weighted by Gasteiger charge is 2.08. The average molecular weight is 232 g/mol. The molecule has 2 amide bonds. The first-order valence-corrected chi connectivity index (χ1v) is 5.30. The van der Waals surface area contributed by atoms with Gasteiger partial charge in [-0.05, 0) is 13.8 Å². The molecule has 0 fully saturated rings. The number of methoxy groups -OCH3 is 1. The van der Waals surface area contributed by atoms with Crippen LogP contribution in [0.25, 0.3) is 0 Å². The molecule has 0 rings (SSSR count). The van der Waals surface area contributed by atoms with Crippen LogP contribution in [0.4, 0.5) is 4.79 Å². The molecule has 0 radical (unpaired) electrons. The minimum absolute atomic E-state index is 0.149. The predicted octanol–water partition coefficient (Wildman–Crippen LogP) is 0.274. The van der Waals surface area contributed by atoms with Gasteiger partial charge >= 0.3 is 12.0 Å². The van der Waals surface area contributed by atoms with E-state index in [1.807, 2.05) is 6.92 Å². The number of hydrogen-bond donors (Lipinski definition) is 2. The van der Waals surface area contributed by atoms with Crippen LogP contribution in [0, 0.1) is 0 Å². The first-order chi connectivity index (χ1) is 7.60. The Morgan fingerprint density at radius 3 is 2.56 bits per heavy atom. The normalized spacial score (nSPS) is 11.7. The third-order valence-electron chi connectivity index (χ3n) is 1.84. The fraction of sp³-hybridized carbons (Fsp3) is 0.800. The van der Waals surface area contributed by atoms with Crippen molar-refractivity contribution >= 4 is 12.0 Å². The lowest BCUT2D eigenvalue weighted by atomic mass is 10.3. The van der Waals surface area contributed by atoms with Crippen LogP contribution in [0.1, 0.15) is 20.3 Å². The van der Waals surface area contributed by atoms with Gasteiger partial charge in [-0.1, -0.05) is 0 Å². The standard InChI is InChI=1S/C10H20N2O4/c1-4-11-10(14)12-5-6-16-9(13)7-8(2)15-3/h8H,4-7H2,1-3H3,(H2,11,12,14). The summed E-state index contributed by atoms with van der Waals surface area (Å²) < 4.78 is 9.80. The highest BCUT2D eigenvalue weighted by Crippen LogP contribution is 1.96. The number of amides is 2. The minimum Gasteiger partial charge on any atom is -0.464 e. The molecule has 6 heteroatoms. The maximum Gasteiger partial charge on any atom is 0.314 e. The van der Waals surface area contributed by atoms with E-state index in [0.717, 1.165) is 0 Å². The van der Waals surface area contributed by atoms with E-state index in [-0.39, 0.29) is 31.1 Å². The first-order valence-electron chi connectivity index (χ1n) is 5.30. The van der Waals surface area contributed by atoms with Crippen molar-refractivity contribution < 1.29 is 19.1 Å². The zero-order chi connectivity index (χ0) is 12.4. The van der Waals surface area contributed by atoms with Gasteiger partial charge in [-0.15, -0.1) is 0 Å². The average Bonchev–Trinajstić information content (AvgIpc) is 2.24. The highest BCUT2D eigenvalue weighted by atomic mass is 16.5. The third kappa shape index (κ3) is 8.05. The van der Waals surface area contributed by atoms with Gasteiger partial charge in [0.25, 0.3) is 0 Å². The smallest absolute Gasteiger partial charge is 0.314 e. The fourth-order valence-corrected chi connectivity index (χ4v) is 0.929. The lowest BCUT2D eigenvalue weighted by Crippen LogP contribution is -2.37. The Hall–Kier alpha value is -1.30.